The van der Waals surface area contributed by atoms with Crippen molar-refractivity contribution in [3.05, 3.63) is 76.9 Å². The van der Waals surface area contributed by atoms with E-state index in [-0.39, 0.29) is 0 Å². The summed E-state index contributed by atoms with van der Waals surface area (Å²) in [7, 11) is 0. The lowest BCUT2D eigenvalue weighted by Crippen LogP contribution is -1.97. The monoisotopic (exact) mass is 312 g/mol. The predicted octanol–water partition coefficient (Wildman–Crippen LogP) is 7.84. The third-order valence-electron chi connectivity index (χ3n) is 3.19. The van der Waals surface area contributed by atoms with Gasteiger partial charge in [0, 0.05) is 0 Å². The van der Waals surface area contributed by atoms with Crippen molar-refractivity contribution in [1.29, 1.82) is 0 Å². The van der Waals surface area contributed by atoms with Gasteiger partial charge in [-0.3, -0.25) is 0 Å². The Morgan fingerprint density at radius 3 is 1.61 bits per heavy atom. The normalized spacial score (nSPS) is 8.74. The van der Waals surface area contributed by atoms with Crippen LogP contribution in [0.4, 0.5) is 0 Å². The summed E-state index contributed by atoms with van der Waals surface area (Å²) in [5.41, 5.74) is 9.67. The topological polar surface area (TPSA) is 0 Å². The Morgan fingerprint density at radius 2 is 1.26 bits per heavy atom. The minimum Gasteiger partial charge on any atom is -0.100 e. The third kappa shape index (κ3) is 8.40. The van der Waals surface area contributed by atoms with E-state index in [0.29, 0.717) is 0 Å². The van der Waals surface area contributed by atoms with Gasteiger partial charge in [-0.05, 0) is 76.3 Å². The van der Waals surface area contributed by atoms with Crippen LogP contribution in [-0.2, 0) is 0 Å². The smallest absolute Gasteiger partial charge is 0.0126 e. The van der Waals surface area contributed by atoms with E-state index in [2.05, 4.69) is 65.6 Å². The number of allylic oxidation sites excluding steroid dienone is 5. The van der Waals surface area contributed by atoms with Crippen LogP contribution in [0.25, 0.3) is 5.57 Å². The Bertz CT molecular complexity index is 572. The molecule has 0 nitrogen and oxygen atoms in total. The van der Waals surface area contributed by atoms with Crippen molar-refractivity contribution in [2.75, 3.05) is 0 Å². The van der Waals surface area contributed by atoms with E-state index in [1.165, 1.54) is 33.4 Å². The van der Waals surface area contributed by atoms with Crippen molar-refractivity contribution in [3.8, 4) is 0 Å². The zero-order valence-corrected chi connectivity index (χ0v) is 16.9. The molecule has 0 spiro atoms. The Kier molecular flexibility index (Phi) is 11.9. The van der Waals surface area contributed by atoms with Crippen molar-refractivity contribution in [3.63, 3.8) is 0 Å². The van der Waals surface area contributed by atoms with E-state index in [4.69, 9.17) is 0 Å². The molecule has 0 unspecified atom stereocenters. The second-order valence-corrected chi connectivity index (χ2v) is 6.09. The summed E-state index contributed by atoms with van der Waals surface area (Å²) in [6.07, 6.45) is 0. The lowest BCUT2D eigenvalue weighted by Gasteiger charge is -2.17. The summed E-state index contributed by atoms with van der Waals surface area (Å²) in [5, 5.41) is 0. The first-order valence-corrected chi connectivity index (χ1v) is 8.30. The van der Waals surface area contributed by atoms with Crippen LogP contribution >= 0.6 is 0 Å². The first-order valence-electron chi connectivity index (χ1n) is 8.30. The van der Waals surface area contributed by atoms with Gasteiger partial charge in [0.2, 0.25) is 0 Å². The van der Waals surface area contributed by atoms with Gasteiger partial charge < -0.3 is 0 Å². The summed E-state index contributed by atoms with van der Waals surface area (Å²) in [4.78, 5) is 0. The molecule has 0 amide bonds. The van der Waals surface area contributed by atoms with Crippen LogP contribution in [0.15, 0.2) is 60.2 Å². The van der Waals surface area contributed by atoms with E-state index in [1.54, 1.807) is 0 Å². The number of aryl methyl sites for hydroxylation is 1. The van der Waals surface area contributed by atoms with Gasteiger partial charge in [0.15, 0.2) is 0 Å². The molecule has 0 aliphatic carbocycles. The van der Waals surface area contributed by atoms with Crippen LogP contribution < -0.4 is 0 Å². The van der Waals surface area contributed by atoms with E-state index < -0.39 is 0 Å². The largest absolute Gasteiger partial charge is 0.100 e. The van der Waals surface area contributed by atoms with Gasteiger partial charge in [-0.1, -0.05) is 61.9 Å². The van der Waals surface area contributed by atoms with Crippen LogP contribution in [0.5, 0.6) is 0 Å². The van der Waals surface area contributed by atoms with E-state index in [1.807, 2.05) is 34.6 Å². The zero-order chi connectivity index (χ0) is 18.7. The quantitative estimate of drug-likeness (QED) is 0.394. The number of rotatable bonds is 3. The fraction of sp³-hybridized carbons (Fsp3) is 0.391. The molecule has 0 fully saturated rings. The molecule has 0 saturated heterocycles. The van der Waals surface area contributed by atoms with Crippen LogP contribution in [0.2, 0.25) is 0 Å². The van der Waals surface area contributed by atoms with Gasteiger partial charge in [0.05, 0.1) is 0 Å². The van der Waals surface area contributed by atoms with Crippen LogP contribution in [-0.4, -0.2) is 0 Å². The molecule has 0 N–H and O–H groups in total. The fourth-order valence-electron chi connectivity index (χ4n) is 1.97. The second-order valence-electron chi connectivity index (χ2n) is 6.09. The highest BCUT2D eigenvalue weighted by Crippen LogP contribution is 2.32. The summed E-state index contributed by atoms with van der Waals surface area (Å²) in [5.74, 6) is 0. The lowest BCUT2D eigenvalue weighted by molar-refractivity contribution is 1.28. The van der Waals surface area contributed by atoms with Crippen molar-refractivity contribution < 1.29 is 0 Å². The predicted molar refractivity (Wildman–Crippen MR) is 110 cm³/mol. The Hall–Kier alpha value is -1.82. The Balaban J connectivity index is 0. The van der Waals surface area contributed by atoms with E-state index in [0.717, 1.165) is 11.1 Å². The van der Waals surface area contributed by atoms with Crippen LogP contribution in [0.1, 0.15) is 65.2 Å². The summed E-state index contributed by atoms with van der Waals surface area (Å²) >= 11 is 0. The molecule has 1 aromatic rings. The maximum absolute atomic E-state index is 4.17. The zero-order valence-electron chi connectivity index (χ0n) is 16.9. The van der Waals surface area contributed by atoms with Gasteiger partial charge in [0.1, 0.15) is 0 Å². The van der Waals surface area contributed by atoms with Gasteiger partial charge >= 0.3 is 0 Å². The maximum Gasteiger partial charge on any atom is -0.0126 e. The van der Waals surface area contributed by atoms with Gasteiger partial charge in [0.25, 0.3) is 0 Å². The molecule has 128 valence electrons. The molecular formula is C23H36. The summed E-state index contributed by atoms with van der Waals surface area (Å²) in [6, 6.07) is 6.41. The number of benzene rings is 1. The molecule has 0 aliphatic rings. The number of hydrogen-bond donors (Lipinski definition) is 0. The van der Waals surface area contributed by atoms with E-state index in [9.17, 15) is 0 Å². The minimum absolute atomic E-state index is 1.03. The highest BCUT2D eigenvalue weighted by Gasteiger charge is 2.11. The fourth-order valence-corrected chi connectivity index (χ4v) is 1.97. The molecule has 1 rings (SSSR count). The van der Waals surface area contributed by atoms with Gasteiger partial charge in [-0.15, -0.1) is 6.58 Å². The highest BCUT2D eigenvalue weighted by molar-refractivity contribution is 5.85. The minimum atomic E-state index is 1.03. The highest BCUT2D eigenvalue weighted by atomic mass is 14.2. The first kappa shape index (κ1) is 23.4. The summed E-state index contributed by atoms with van der Waals surface area (Å²) < 4.78 is 0. The van der Waals surface area contributed by atoms with Gasteiger partial charge in [-0.2, -0.15) is 0 Å². The molecule has 1 aromatic carbocycles. The number of hydrogen-bond acceptors (Lipinski definition) is 0. The SMILES string of the molecule is C=C(C)C.C=C(C)C(=C)C(=C(C)C)c1cccc(C)c1C.CC. The average Bonchev–Trinajstić information content (AvgIpc) is 2.44. The Morgan fingerprint density at radius 1 is 0.826 bits per heavy atom. The van der Waals surface area contributed by atoms with Crippen molar-refractivity contribution in [2.24, 2.45) is 0 Å². The molecule has 0 heterocycles. The van der Waals surface area contributed by atoms with E-state index >= 15 is 0 Å². The molecule has 0 radical (unpaired) electrons. The molecule has 0 saturated carbocycles. The van der Waals surface area contributed by atoms with Crippen molar-refractivity contribution >= 4 is 5.57 Å². The second kappa shape index (κ2) is 11.7. The molecular weight excluding hydrogens is 276 g/mol. The third-order valence-corrected chi connectivity index (χ3v) is 3.19. The molecule has 0 aliphatic heterocycles. The molecule has 0 bridgehead atoms. The lowest BCUT2D eigenvalue weighted by atomic mass is 9.88. The summed E-state index contributed by atoms with van der Waals surface area (Å²) in [6.45, 7) is 30.2. The first-order chi connectivity index (χ1) is 10.6. The van der Waals surface area contributed by atoms with Crippen molar-refractivity contribution in [2.45, 2.75) is 62.3 Å². The van der Waals surface area contributed by atoms with Gasteiger partial charge in [-0.25, -0.2) is 0 Å². The van der Waals surface area contributed by atoms with Crippen molar-refractivity contribution in [1.82, 2.24) is 0 Å². The Labute approximate surface area is 145 Å². The molecule has 23 heavy (non-hydrogen) atoms. The molecule has 0 aromatic heterocycles. The standard InChI is InChI=1S/C17H22.C4H8.C2H6/c1-11(2)14(6)17(12(3)4)16-10-8-9-13(5)15(16)7;1-4(2)3;1-2/h8-10H,1,6H2,2-5,7H3;1H2,2-3H3;1-2H3. The maximum atomic E-state index is 4.17. The van der Waals surface area contributed by atoms with Crippen LogP contribution in [0, 0.1) is 13.8 Å². The molecule has 0 heteroatoms. The molecule has 0 atom stereocenters. The average molecular weight is 313 g/mol. The van der Waals surface area contributed by atoms with Crippen LogP contribution in [0.3, 0.4) is 0 Å².